The van der Waals surface area contributed by atoms with E-state index in [9.17, 15) is 13.6 Å². The third kappa shape index (κ3) is 3.12. The number of hydrogen-bond acceptors (Lipinski definition) is 3. The van der Waals surface area contributed by atoms with E-state index in [2.05, 4.69) is 4.98 Å². The smallest absolute Gasteiger partial charge is 0.295 e. The van der Waals surface area contributed by atoms with Crippen LogP contribution in [-0.4, -0.2) is 34.3 Å². The van der Waals surface area contributed by atoms with Crippen molar-refractivity contribution in [3.63, 3.8) is 0 Å². The number of allylic oxidation sites excluding steroid dienone is 1. The molecule has 94 valence electrons. The monoisotopic (exact) mass is 243 g/mol. The molecule has 0 N–H and O–H groups in total. The Balaban J connectivity index is 3.02. The number of nitrogens with zero attached hydrogens (tertiary/aromatic N) is 3. The lowest BCUT2D eigenvalue weighted by Crippen LogP contribution is -2.10. The maximum atomic E-state index is 12.6. The van der Waals surface area contributed by atoms with E-state index in [1.807, 2.05) is 0 Å². The Labute approximate surface area is 98.6 Å². The zero-order valence-corrected chi connectivity index (χ0v) is 10.0. The van der Waals surface area contributed by atoms with Crippen molar-refractivity contribution in [2.75, 3.05) is 14.1 Å². The van der Waals surface area contributed by atoms with Crippen molar-refractivity contribution in [2.45, 2.75) is 19.9 Å². The van der Waals surface area contributed by atoms with E-state index in [0.717, 1.165) is 0 Å². The molecule has 0 aromatic carbocycles. The number of ketones is 1. The molecule has 0 spiro atoms. The molecular weight excluding hydrogens is 228 g/mol. The fourth-order valence-corrected chi connectivity index (χ4v) is 1.40. The van der Waals surface area contributed by atoms with Gasteiger partial charge in [-0.3, -0.25) is 4.79 Å². The molecule has 1 aromatic heterocycles. The highest BCUT2D eigenvalue weighted by molar-refractivity contribution is 6.03. The summed E-state index contributed by atoms with van der Waals surface area (Å²) in [5.74, 6) is -0.700. The minimum atomic E-state index is -2.67. The summed E-state index contributed by atoms with van der Waals surface area (Å²) in [6.07, 6.45) is 1.41. The molecule has 0 aliphatic heterocycles. The molecule has 4 nitrogen and oxygen atoms in total. The molecule has 0 aliphatic rings. The number of imidazole rings is 1. The molecule has 0 saturated heterocycles. The molecule has 0 fully saturated rings. The minimum Gasteiger partial charge on any atom is -0.383 e. The van der Waals surface area contributed by atoms with Gasteiger partial charge in [-0.05, 0) is 6.92 Å². The van der Waals surface area contributed by atoms with Crippen LogP contribution in [0.1, 0.15) is 29.7 Å². The molecule has 0 atom stereocenters. The van der Waals surface area contributed by atoms with Gasteiger partial charge >= 0.3 is 0 Å². The van der Waals surface area contributed by atoms with Gasteiger partial charge in [0.1, 0.15) is 5.69 Å². The molecule has 1 rings (SSSR count). The topological polar surface area (TPSA) is 38.1 Å². The Kier molecular flexibility index (Phi) is 4.37. The number of halogens is 2. The summed E-state index contributed by atoms with van der Waals surface area (Å²) in [6.45, 7) is 1.98. The highest BCUT2D eigenvalue weighted by atomic mass is 19.3. The predicted octanol–water partition coefficient (Wildman–Crippen LogP) is 2.10. The lowest BCUT2D eigenvalue weighted by atomic mass is 10.3. The first-order chi connectivity index (χ1) is 7.97. The number of carbonyl (C=O) groups is 1. The maximum Gasteiger partial charge on any atom is 0.295 e. The van der Waals surface area contributed by atoms with Gasteiger partial charge in [-0.2, -0.15) is 0 Å². The summed E-state index contributed by atoms with van der Waals surface area (Å²) < 4.78 is 26.4. The zero-order valence-electron chi connectivity index (χ0n) is 10.0. The Morgan fingerprint density at radius 2 is 2.24 bits per heavy atom. The predicted molar refractivity (Wildman–Crippen MR) is 60.0 cm³/mol. The quantitative estimate of drug-likeness (QED) is 0.587. The third-order valence-corrected chi connectivity index (χ3v) is 2.17. The van der Waals surface area contributed by atoms with Crippen molar-refractivity contribution in [3.8, 4) is 0 Å². The van der Waals surface area contributed by atoms with Gasteiger partial charge in [0.2, 0.25) is 5.78 Å². The van der Waals surface area contributed by atoms with Gasteiger partial charge in [0.15, 0.2) is 5.82 Å². The van der Waals surface area contributed by atoms with E-state index in [1.165, 1.54) is 16.8 Å². The first-order valence-electron chi connectivity index (χ1n) is 5.19. The second kappa shape index (κ2) is 5.56. The zero-order chi connectivity index (χ0) is 13.0. The summed E-state index contributed by atoms with van der Waals surface area (Å²) in [6, 6.07) is 0. The van der Waals surface area contributed by atoms with Gasteiger partial charge in [0.25, 0.3) is 6.43 Å². The number of carbonyl (C=O) groups excluding carboxylic acids is 1. The van der Waals surface area contributed by atoms with E-state index in [-0.39, 0.29) is 23.8 Å². The SMILES string of the molecule is CCn1c(C(=O)C=CN(C)C)cnc1C(F)F. The van der Waals surface area contributed by atoms with Crippen LogP contribution in [0, 0.1) is 0 Å². The van der Waals surface area contributed by atoms with Crippen LogP contribution in [0.2, 0.25) is 0 Å². The second-order valence-corrected chi connectivity index (χ2v) is 3.69. The van der Waals surface area contributed by atoms with Gasteiger partial charge in [-0.1, -0.05) is 0 Å². The summed E-state index contributed by atoms with van der Waals surface area (Å²) >= 11 is 0. The van der Waals surface area contributed by atoms with E-state index in [0.29, 0.717) is 0 Å². The third-order valence-electron chi connectivity index (χ3n) is 2.17. The van der Waals surface area contributed by atoms with Crippen molar-refractivity contribution in [1.29, 1.82) is 0 Å². The van der Waals surface area contributed by atoms with E-state index >= 15 is 0 Å². The largest absolute Gasteiger partial charge is 0.383 e. The standard InChI is InChI=1S/C11H15F2N3O/c1-4-16-8(7-14-11(16)10(12)13)9(17)5-6-15(2)3/h5-7,10H,4H2,1-3H3. The van der Waals surface area contributed by atoms with Crippen LogP contribution in [0.4, 0.5) is 8.78 Å². The van der Waals surface area contributed by atoms with Crippen molar-refractivity contribution in [3.05, 3.63) is 30.0 Å². The van der Waals surface area contributed by atoms with Gasteiger partial charge in [-0.25, -0.2) is 13.8 Å². The molecule has 0 aliphatic carbocycles. The van der Waals surface area contributed by atoms with Crippen molar-refractivity contribution in [1.82, 2.24) is 14.5 Å². The van der Waals surface area contributed by atoms with Crippen LogP contribution in [0.3, 0.4) is 0 Å². The van der Waals surface area contributed by atoms with Gasteiger partial charge in [0, 0.05) is 32.9 Å². The average Bonchev–Trinajstić information content (AvgIpc) is 2.69. The van der Waals surface area contributed by atoms with Crippen LogP contribution in [-0.2, 0) is 6.54 Å². The number of hydrogen-bond donors (Lipinski definition) is 0. The number of aromatic nitrogens is 2. The first-order valence-corrected chi connectivity index (χ1v) is 5.19. The highest BCUT2D eigenvalue weighted by Crippen LogP contribution is 2.19. The molecule has 1 heterocycles. The van der Waals surface area contributed by atoms with Crippen LogP contribution >= 0.6 is 0 Å². The van der Waals surface area contributed by atoms with E-state index in [4.69, 9.17) is 0 Å². The molecule has 1 aromatic rings. The summed E-state index contributed by atoms with van der Waals surface area (Å²) in [4.78, 5) is 17.0. The number of alkyl halides is 2. The van der Waals surface area contributed by atoms with Gasteiger partial charge in [-0.15, -0.1) is 0 Å². The highest BCUT2D eigenvalue weighted by Gasteiger charge is 2.19. The Bertz CT molecular complexity index is 424. The van der Waals surface area contributed by atoms with Gasteiger partial charge < -0.3 is 9.47 Å². The fourth-order valence-electron chi connectivity index (χ4n) is 1.40. The van der Waals surface area contributed by atoms with Crippen molar-refractivity contribution < 1.29 is 13.6 Å². The molecule has 0 radical (unpaired) electrons. The summed E-state index contributed by atoms with van der Waals surface area (Å²) in [7, 11) is 3.54. The second-order valence-electron chi connectivity index (χ2n) is 3.69. The summed E-state index contributed by atoms with van der Waals surface area (Å²) in [5, 5.41) is 0. The fraction of sp³-hybridized carbons (Fsp3) is 0.455. The average molecular weight is 243 g/mol. The Hall–Kier alpha value is -1.72. The van der Waals surface area contributed by atoms with Crippen molar-refractivity contribution >= 4 is 5.78 Å². The molecule has 0 saturated carbocycles. The lowest BCUT2D eigenvalue weighted by Gasteiger charge is -2.07. The molecule has 0 bridgehead atoms. The normalized spacial score (nSPS) is 11.4. The van der Waals surface area contributed by atoms with Crippen LogP contribution in [0.25, 0.3) is 0 Å². The first kappa shape index (κ1) is 13.3. The van der Waals surface area contributed by atoms with Crippen molar-refractivity contribution in [2.24, 2.45) is 0 Å². The van der Waals surface area contributed by atoms with Gasteiger partial charge in [0.05, 0.1) is 6.20 Å². The Morgan fingerprint density at radius 3 is 2.71 bits per heavy atom. The molecule has 0 amide bonds. The van der Waals surface area contributed by atoms with Crippen LogP contribution in [0.15, 0.2) is 18.5 Å². The minimum absolute atomic E-state index is 0.181. The van der Waals surface area contributed by atoms with Crippen LogP contribution < -0.4 is 0 Å². The van der Waals surface area contributed by atoms with Crippen LogP contribution in [0.5, 0.6) is 0 Å². The summed E-state index contributed by atoms with van der Waals surface area (Å²) in [5.41, 5.74) is 0.181. The van der Waals surface area contributed by atoms with E-state index < -0.39 is 6.43 Å². The molecule has 0 unspecified atom stereocenters. The lowest BCUT2D eigenvalue weighted by molar-refractivity contribution is 0.103. The maximum absolute atomic E-state index is 12.6. The number of rotatable bonds is 5. The molecule has 6 heteroatoms. The van der Waals surface area contributed by atoms with E-state index in [1.54, 1.807) is 32.1 Å². The Morgan fingerprint density at radius 1 is 1.59 bits per heavy atom. The molecule has 17 heavy (non-hydrogen) atoms. The molecular formula is C11H15F2N3O.